The zero-order valence-corrected chi connectivity index (χ0v) is 12.6. The molecular weight excluding hydrogens is 308 g/mol. The van der Waals surface area contributed by atoms with Crippen molar-refractivity contribution in [3.05, 3.63) is 48.5 Å². The highest BCUT2D eigenvalue weighted by Gasteiger charge is 2.15. The quantitative estimate of drug-likeness (QED) is 0.245. The van der Waals surface area contributed by atoms with Gasteiger partial charge in [0.05, 0.1) is 11.4 Å². The van der Waals surface area contributed by atoms with Crippen LogP contribution in [0.1, 0.15) is 0 Å². The molecule has 0 heterocycles. The number of anilines is 2. The minimum atomic E-state index is -0.784. The van der Waals surface area contributed by atoms with Crippen molar-refractivity contribution in [1.29, 1.82) is 0 Å². The van der Waals surface area contributed by atoms with Crippen LogP contribution >= 0.6 is 0 Å². The summed E-state index contributed by atoms with van der Waals surface area (Å²) in [5.41, 5.74) is 11.4. The molecule has 0 saturated heterocycles. The molecule has 8 N–H and O–H groups in total. The Morgan fingerprint density at radius 3 is 1.50 bits per heavy atom. The Hall–Kier alpha value is -3.36. The number of nitrogens with two attached hydrogens (primary N) is 4. The maximum absolute atomic E-state index is 11.4. The number of nitrogens with zero attached hydrogens (tertiary/aromatic N) is 2. The molecular formula is C16H16N6O2. The summed E-state index contributed by atoms with van der Waals surface area (Å²) in [5.74, 6) is 11.5. The number of fused-ring (bicyclic) bond motifs is 2. The third kappa shape index (κ3) is 2.45. The fourth-order valence-electron chi connectivity index (χ4n) is 2.68. The van der Waals surface area contributed by atoms with Gasteiger partial charge in [-0.15, -0.1) is 0 Å². The standard InChI is InChI=1S/C16H16N6O2/c17-15(23)21(19)13-5-1-3-9-7-10-4-2-6-14(22(20)16(18)24)12(10)8-11(9)13/h1-8H,19-20H2,(H2,17,23)(H2,18,24). The number of urea groups is 2. The normalized spacial score (nSPS) is 10.8. The zero-order chi connectivity index (χ0) is 17.4. The van der Waals surface area contributed by atoms with E-state index in [1.807, 2.05) is 18.2 Å². The van der Waals surface area contributed by atoms with Gasteiger partial charge in [-0.3, -0.25) is 0 Å². The molecule has 3 aromatic rings. The van der Waals surface area contributed by atoms with E-state index in [-0.39, 0.29) is 0 Å². The van der Waals surface area contributed by atoms with Crippen molar-refractivity contribution < 1.29 is 9.59 Å². The van der Waals surface area contributed by atoms with Gasteiger partial charge < -0.3 is 11.5 Å². The average molecular weight is 324 g/mol. The highest BCUT2D eigenvalue weighted by molar-refractivity contribution is 6.11. The molecule has 0 saturated carbocycles. The summed E-state index contributed by atoms with van der Waals surface area (Å²) in [4.78, 5) is 22.8. The molecule has 0 aliphatic carbocycles. The Morgan fingerprint density at radius 1 is 0.708 bits per heavy atom. The molecule has 0 radical (unpaired) electrons. The predicted octanol–water partition coefficient (Wildman–Crippen LogP) is 1.51. The highest BCUT2D eigenvalue weighted by Crippen LogP contribution is 2.33. The molecule has 8 nitrogen and oxygen atoms in total. The largest absolute Gasteiger partial charge is 0.350 e. The molecule has 0 fully saturated rings. The molecule has 8 heteroatoms. The summed E-state index contributed by atoms with van der Waals surface area (Å²) >= 11 is 0. The van der Waals surface area contributed by atoms with Crippen LogP contribution in [0.3, 0.4) is 0 Å². The van der Waals surface area contributed by atoms with E-state index in [0.717, 1.165) is 20.8 Å². The van der Waals surface area contributed by atoms with Gasteiger partial charge in [0.15, 0.2) is 0 Å². The Kier molecular flexibility index (Phi) is 3.68. The SMILES string of the molecule is NC(=O)N(N)c1cccc2cc3cccc(N(N)C(N)=O)c3cc12. The van der Waals surface area contributed by atoms with Crippen LogP contribution in [-0.4, -0.2) is 12.1 Å². The van der Waals surface area contributed by atoms with E-state index >= 15 is 0 Å². The van der Waals surface area contributed by atoms with E-state index in [1.165, 1.54) is 0 Å². The molecule has 122 valence electrons. The molecule has 0 aliphatic heterocycles. The monoisotopic (exact) mass is 324 g/mol. The second kappa shape index (κ2) is 5.69. The molecule has 0 unspecified atom stereocenters. The van der Waals surface area contributed by atoms with Crippen molar-refractivity contribution in [1.82, 2.24) is 0 Å². The summed E-state index contributed by atoms with van der Waals surface area (Å²) in [5, 5.41) is 4.83. The zero-order valence-electron chi connectivity index (χ0n) is 12.6. The molecule has 0 bridgehead atoms. The maximum atomic E-state index is 11.4. The minimum Gasteiger partial charge on any atom is -0.350 e. The Morgan fingerprint density at radius 2 is 1.12 bits per heavy atom. The van der Waals surface area contributed by atoms with Gasteiger partial charge in [-0.05, 0) is 35.0 Å². The molecule has 3 aromatic carbocycles. The number of hydrogen-bond acceptors (Lipinski definition) is 4. The number of amides is 4. The van der Waals surface area contributed by atoms with Crippen LogP contribution in [0.25, 0.3) is 21.5 Å². The van der Waals surface area contributed by atoms with E-state index in [1.54, 1.807) is 30.3 Å². The fraction of sp³-hybridized carbons (Fsp3) is 0. The van der Waals surface area contributed by atoms with Crippen molar-refractivity contribution in [3.8, 4) is 0 Å². The average Bonchev–Trinajstić information content (AvgIpc) is 2.57. The number of benzene rings is 3. The topological polar surface area (TPSA) is 145 Å². The van der Waals surface area contributed by atoms with Gasteiger partial charge in [0, 0.05) is 10.8 Å². The number of carbonyl (C=O) groups is 2. The Labute approximate surface area is 137 Å². The van der Waals surface area contributed by atoms with Crippen molar-refractivity contribution in [2.45, 2.75) is 0 Å². The molecule has 4 amide bonds. The molecule has 0 spiro atoms. The lowest BCUT2D eigenvalue weighted by Crippen LogP contribution is -2.41. The first kappa shape index (κ1) is 15.5. The van der Waals surface area contributed by atoms with Gasteiger partial charge >= 0.3 is 12.1 Å². The van der Waals surface area contributed by atoms with Gasteiger partial charge in [-0.25, -0.2) is 31.3 Å². The second-order valence-corrected chi connectivity index (χ2v) is 5.27. The van der Waals surface area contributed by atoms with Gasteiger partial charge in [-0.1, -0.05) is 24.3 Å². The lowest BCUT2D eigenvalue weighted by Gasteiger charge is -2.19. The summed E-state index contributed by atoms with van der Waals surface area (Å²) in [6.45, 7) is 0. The predicted molar refractivity (Wildman–Crippen MR) is 94.0 cm³/mol. The summed E-state index contributed by atoms with van der Waals surface area (Å²) in [7, 11) is 0. The molecule has 0 aromatic heterocycles. The second-order valence-electron chi connectivity index (χ2n) is 5.27. The summed E-state index contributed by atoms with van der Waals surface area (Å²) in [6.07, 6.45) is 0. The number of rotatable bonds is 2. The van der Waals surface area contributed by atoms with Crippen molar-refractivity contribution in [3.63, 3.8) is 0 Å². The molecule has 24 heavy (non-hydrogen) atoms. The van der Waals surface area contributed by atoms with Crippen LogP contribution < -0.4 is 33.2 Å². The Balaban J connectivity index is 2.35. The van der Waals surface area contributed by atoms with E-state index in [4.69, 9.17) is 23.2 Å². The van der Waals surface area contributed by atoms with Crippen molar-refractivity contribution in [2.24, 2.45) is 23.2 Å². The first-order chi connectivity index (χ1) is 11.4. The lowest BCUT2D eigenvalue weighted by molar-refractivity contribution is 0.253. The molecule has 0 atom stereocenters. The highest BCUT2D eigenvalue weighted by atomic mass is 16.2. The summed E-state index contributed by atoms with van der Waals surface area (Å²) < 4.78 is 0. The van der Waals surface area contributed by atoms with E-state index in [9.17, 15) is 9.59 Å². The van der Waals surface area contributed by atoms with Crippen LogP contribution in [0.2, 0.25) is 0 Å². The first-order valence-corrected chi connectivity index (χ1v) is 7.04. The van der Waals surface area contributed by atoms with Gasteiger partial charge in [0.25, 0.3) is 0 Å². The van der Waals surface area contributed by atoms with Gasteiger partial charge in [-0.2, -0.15) is 0 Å². The minimum absolute atomic E-state index is 0.444. The number of primary amides is 2. The fourth-order valence-corrected chi connectivity index (χ4v) is 2.68. The first-order valence-electron chi connectivity index (χ1n) is 7.04. The maximum Gasteiger partial charge on any atom is 0.333 e. The lowest BCUT2D eigenvalue weighted by atomic mass is 10.0. The van der Waals surface area contributed by atoms with Crippen LogP contribution in [0, 0.1) is 0 Å². The van der Waals surface area contributed by atoms with Crippen LogP contribution in [0.5, 0.6) is 0 Å². The smallest absolute Gasteiger partial charge is 0.333 e. The van der Waals surface area contributed by atoms with Gasteiger partial charge in [0.2, 0.25) is 0 Å². The Bertz CT molecular complexity index is 896. The molecule has 0 aliphatic rings. The molecule has 3 rings (SSSR count). The van der Waals surface area contributed by atoms with E-state index in [0.29, 0.717) is 22.1 Å². The number of hydrogen-bond donors (Lipinski definition) is 4. The van der Waals surface area contributed by atoms with Crippen LogP contribution in [0.15, 0.2) is 48.5 Å². The third-order valence-electron chi connectivity index (χ3n) is 3.83. The van der Waals surface area contributed by atoms with Crippen LogP contribution in [-0.2, 0) is 0 Å². The van der Waals surface area contributed by atoms with Crippen molar-refractivity contribution in [2.75, 3.05) is 10.0 Å². The third-order valence-corrected chi connectivity index (χ3v) is 3.83. The number of carbonyl (C=O) groups excluding carboxylic acids is 2. The van der Waals surface area contributed by atoms with Crippen molar-refractivity contribution >= 4 is 45.0 Å². The van der Waals surface area contributed by atoms with Gasteiger partial charge in [0.1, 0.15) is 0 Å². The summed E-state index contributed by atoms with van der Waals surface area (Å²) in [6, 6.07) is 12.8. The number of hydrazine groups is 2. The van der Waals surface area contributed by atoms with E-state index < -0.39 is 12.1 Å². The van der Waals surface area contributed by atoms with E-state index in [2.05, 4.69) is 0 Å². The van der Waals surface area contributed by atoms with Crippen LogP contribution in [0.4, 0.5) is 21.0 Å².